The molecule has 2 nitrogen and oxygen atoms in total. The van der Waals surface area contributed by atoms with Crippen molar-refractivity contribution in [1.29, 1.82) is 0 Å². The lowest BCUT2D eigenvalue weighted by atomic mass is 11.0. The van der Waals surface area contributed by atoms with Gasteiger partial charge in [0.1, 0.15) is 0 Å². The summed E-state index contributed by atoms with van der Waals surface area (Å²) in [5, 5.41) is 10.0. The van der Waals surface area contributed by atoms with Gasteiger partial charge >= 0.3 is 0 Å². The molecule has 1 fully saturated rings. The van der Waals surface area contributed by atoms with E-state index in [9.17, 15) is 0 Å². The van der Waals surface area contributed by atoms with Gasteiger partial charge < -0.3 is 10.4 Å². The predicted octanol–water partition coefficient (Wildman–Crippen LogP) is -0.802. The molecule has 0 amide bonds. The predicted molar refractivity (Wildman–Crippen MR) is 21.0 cm³/mol. The van der Waals surface area contributed by atoms with E-state index in [-0.39, 0.29) is 0 Å². The van der Waals surface area contributed by atoms with Gasteiger partial charge in [-0.15, -0.1) is 0 Å². The minimum atomic E-state index is 1.00. The fourth-order valence-corrected chi connectivity index (χ4v) is 0. The van der Waals surface area contributed by atoms with Gasteiger partial charge in [0.05, 0.1) is 0 Å². The quantitative estimate of drug-likeness (QED) is 0.370. The van der Waals surface area contributed by atoms with Crippen molar-refractivity contribution in [2.45, 2.75) is 0 Å². The number of hydrogen-bond donors (Lipinski definition) is 2. The lowest BCUT2D eigenvalue weighted by Crippen LogP contribution is -1.56. The van der Waals surface area contributed by atoms with Crippen molar-refractivity contribution in [3.63, 3.8) is 0 Å². The summed E-state index contributed by atoms with van der Waals surface area (Å²) in [7, 11) is 1.00. The maximum absolute atomic E-state index is 7.00. The Morgan fingerprint density at radius 2 is 1.60 bits per heavy atom. The molecule has 2 heteroatoms. The highest BCUT2D eigenvalue weighted by Gasteiger charge is 1.91. The number of rotatable bonds is 0. The zero-order valence-electron chi connectivity index (χ0n) is 3.36. The lowest BCUT2D eigenvalue weighted by Gasteiger charge is -1.21. The average molecular weight is 75.1 g/mol. The molecule has 0 atom stereocenters. The number of hydrogen-bond acceptors (Lipinski definition) is 2. The molecule has 5 heavy (non-hydrogen) atoms. The summed E-state index contributed by atoms with van der Waals surface area (Å²) in [6.45, 7) is 2.50. The van der Waals surface area contributed by atoms with E-state index in [1.807, 2.05) is 0 Å². The summed E-state index contributed by atoms with van der Waals surface area (Å²) in [6, 6.07) is 0. The Balaban J connectivity index is 0.0000000733. The molecule has 0 saturated carbocycles. The Morgan fingerprint density at radius 1 is 1.40 bits per heavy atom. The van der Waals surface area contributed by atoms with Crippen molar-refractivity contribution in [2.75, 3.05) is 20.2 Å². The molecule has 0 radical (unpaired) electrons. The van der Waals surface area contributed by atoms with Crippen molar-refractivity contribution >= 4 is 0 Å². The van der Waals surface area contributed by atoms with E-state index in [0.29, 0.717) is 0 Å². The molecule has 0 spiro atoms. The molecule has 1 saturated heterocycles. The first-order valence-electron chi connectivity index (χ1n) is 1.65. The topological polar surface area (TPSA) is 42.2 Å². The van der Waals surface area contributed by atoms with E-state index in [0.717, 1.165) is 7.11 Å². The summed E-state index contributed by atoms with van der Waals surface area (Å²) in [5.74, 6) is 0. The van der Waals surface area contributed by atoms with E-state index in [4.69, 9.17) is 5.11 Å². The van der Waals surface area contributed by atoms with E-state index < -0.39 is 0 Å². The molecule has 32 valence electrons. The highest BCUT2D eigenvalue weighted by atomic mass is 16.2. The van der Waals surface area contributed by atoms with Crippen LogP contribution < -0.4 is 5.32 Å². The standard InChI is InChI=1S/C2H5N.CH4O/c1-2-3-1;1-2/h3H,1-2H2;2H,1H3. The molecular weight excluding hydrogens is 66.0 g/mol. The van der Waals surface area contributed by atoms with Crippen LogP contribution in [0.25, 0.3) is 0 Å². The Hall–Kier alpha value is -0.0800. The monoisotopic (exact) mass is 75.1 g/mol. The second-order valence-electron chi connectivity index (χ2n) is 0.750. The zero-order valence-corrected chi connectivity index (χ0v) is 3.36. The maximum atomic E-state index is 7.00. The van der Waals surface area contributed by atoms with Crippen molar-refractivity contribution < 1.29 is 5.11 Å². The molecule has 0 unspecified atom stereocenters. The summed E-state index contributed by atoms with van der Waals surface area (Å²) in [6.07, 6.45) is 0. The van der Waals surface area contributed by atoms with E-state index in [2.05, 4.69) is 5.32 Å². The number of aliphatic hydroxyl groups excluding tert-OH is 1. The minimum absolute atomic E-state index is 1.00. The van der Waals surface area contributed by atoms with Gasteiger partial charge in [0.25, 0.3) is 0 Å². The van der Waals surface area contributed by atoms with Crippen LogP contribution >= 0.6 is 0 Å². The van der Waals surface area contributed by atoms with Crippen LogP contribution in [-0.4, -0.2) is 25.3 Å². The molecule has 1 aliphatic heterocycles. The molecule has 0 aromatic rings. The first-order chi connectivity index (χ1) is 2.50. The average Bonchev–Trinajstić information content (AvgIpc) is 2.19. The summed E-state index contributed by atoms with van der Waals surface area (Å²) in [4.78, 5) is 0. The Kier molecular flexibility index (Phi) is 3.86. The van der Waals surface area contributed by atoms with Crippen LogP contribution in [0.3, 0.4) is 0 Å². The molecule has 0 aromatic heterocycles. The smallest absolute Gasteiger partial charge is 0.0319 e. The fourth-order valence-electron chi connectivity index (χ4n) is 0. The van der Waals surface area contributed by atoms with Crippen molar-refractivity contribution in [1.82, 2.24) is 5.32 Å². The van der Waals surface area contributed by atoms with Gasteiger partial charge in [-0.05, 0) is 0 Å². The van der Waals surface area contributed by atoms with Gasteiger partial charge in [0, 0.05) is 20.2 Å². The maximum Gasteiger partial charge on any atom is 0.0319 e. The zero-order chi connectivity index (χ0) is 4.12. The van der Waals surface area contributed by atoms with Gasteiger partial charge in [-0.3, -0.25) is 0 Å². The number of aliphatic hydroxyl groups is 1. The molecular formula is C3H9NO. The van der Waals surface area contributed by atoms with Gasteiger partial charge in [0.15, 0.2) is 0 Å². The van der Waals surface area contributed by atoms with E-state index in [1.165, 1.54) is 13.1 Å². The Morgan fingerprint density at radius 3 is 1.60 bits per heavy atom. The SMILES string of the molecule is C1CN1.CO. The Bertz CT molecular complexity index is 11.6. The largest absolute Gasteiger partial charge is 0.400 e. The summed E-state index contributed by atoms with van der Waals surface area (Å²) < 4.78 is 0. The van der Waals surface area contributed by atoms with Gasteiger partial charge in [-0.2, -0.15) is 0 Å². The van der Waals surface area contributed by atoms with Crippen LogP contribution in [0.15, 0.2) is 0 Å². The van der Waals surface area contributed by atoms with Crippen LogP contribution in [0.4, 0.5) is 0 Å². The van der Waals surface area contributed by atoms with Crippen LogP contribution in [-0.2, 0) is 0 Å². The normalized spacial score (nSPS) is 15.6. The summed E-state index contributed by atoms with van der Waals surface area (Å²) in [5.41, 5.74) is 0. The van der Waals surface area contributed by atoms with E-state index >= 15 is 0 Å². The molecule has 1 heterocycles. The molecule has 0 aliphatic carbocycles. The van der Waals surface area contributed by atoms with Crippen molar-refractivity contribution in [3.05, 3.63) is 0 Å². The highest BCUT2D eigenvalue weighted by molar-refractivity contribution is 4.58. The van der Waals surface area contributed by atoms with Crippen LogP contribution in [0.2, 0.25) is 0 Å². The van der Waals surface area contributed by atoms with Crippen molar-refractivity contribution in [2.24, 2.45) is 0 Å². The van der Waals surface area contributed by atoms with Crippen LogP contribution in [0.5, 0.6) is 0 Å². The molecule has 1 aliphatic rings. The third kappa shape index (κ3) is 17.1. The Labute approximate surface area is 31.8 Å². The van der Waals surface area contributed by atoms with Crippen molar-refractivity contribution in [3.8, 4) is 0 Å². The van der Waals surface area contributed by atoms with Crippen LogP contribution in [0.1, 0.15) is 0 Å². The first-order valence-corrected chi connectivity index (χ1v) is 1.65. The third-order valence-corrected chi connectivity index (χ3v) is 0.250. The van der Waals surface area contributed by atoms with Gasteiger partial charge in [-0.1, -0.05) is 0 Å². The van der Waals surface area contributed by atoms with Gasteiger partial charge in [0.2, 0.25) is 0 Å². The lowest BCUT2D eigenvalue weighted by molar-refractivity contribution is 0.399. The van der Waals surface area contributed by atoms with E-state index in [1.54, 1.807) is 0 Å². The third-order valence-electron chi connectivity index (χ3n) is 0.250. The fraction of sp³-hybridized carbons (Fsp3) is 1.00. The molecule has 2 N–H and O–H groups in total. The number of nitrogens with one attached hydrogen (secondary N) is 1. The minimum Gasteiger partial charge on any atom is -0.400 e. The molecule has 1 rings (SSSR count). The first kappa shape index (κ1) is 4.92. The summed E-state index contributed by atoms with van der Waals surface area (Å²) >= 11 is 0. The van der Waals surface area contributed by atoms with Gasteiger partial charge in [-0.25, -0.2) is 0 Å². The van der Waals surface area contributed by atoms with Crippen LogP contribution in [0, 0.1) is 0 Å². The second-order valence-corrected chi connectivity index (χ2v) is 0.750. The molecule has 0 bridgehead atoms. The second kappa shape index (κ2) is 3.92. The highest BCUT2D eigenvalue weighted by Crippen LogP contribution is 1.65. The molecule has 0 aromatic carbocycles.